The van der Waals surface area contributed by atoms with Gasteiger partial charge in [-0.3, -0.25) is 0 Å². The summed E-state index contributed by atoms with van der Waals surface area (Å²) in [6, 6.07) is 43.5. The zero-order valence-corrected chi connectivity index (χ0v) is 34.9. The lowest BCUT2D eigenvalue weighted by molar-refractivity contribution is 0.350. The fourth-order valence-electron chi connectivity index (χ4n) is 12.9. The number of hydrogen-bond acceptors (Lipinski definition) is 4. The quantitative estimate of drug-likeness (QED) is 0.179. The number of nitrogens with zero attached hydrogens (tertiary/aromatic N) is 2. The fourth-order valence-corrected chi connectivity index (χ4v) is 12.9. The van der Waals surface area contributed by atoms with Crippen molar-refractivity contribution < 1.29 is 8.83 Å². The number of furan rings is 2. The molecule has 0 saturated heterocycles. The van der Waals surface area contributed by atoms with E-state index in [1.54, 1.807) is 22.3 Å². The number of benzene rings is 6. The molecular weight excluding hydrogens is 757 g/mol. The van der Waals surface area contributed by atoms with Gasteiger partial charge in [-0.15, -0.1) is 0 Å². The van der Waals surface area contributed by atoms with Crippen LogP contribution in [0.25, 0.3) is 94.2 Å². The van der Waals surface area contributed by atoms with E-state index in [0.29, 0.717) is 11.4 Å². The van der Waals surface area contributed by atoms with Crippen LogP contribution in [0.5, 0.6) is 0 Å². The Hall–Kier alpha value is -6.52. The lowest BCUT2D eigenvalue weighted by atomic mass is 9.66. The van der Waals surface area contributed by atoms with Crippen molar-refractivity contribution in [3.8, 4) is 44.6 Å². The third-order valence-electron chi connectivity index (χ3n) is 15.7. The number of aromatic nitrogens is 2. The SMILES string of the molecule is C1=CC(c2nc(-c3cccc4c3oc3ccc(-c5ccc6c(c5)-c5cc7c(cc5C65CCCCC5)-c5ccccc5C75CCCCC5)cc34)c3oc4ccccc4c3n2)=CCC1. The summed E-state index contributed by atoms with van der Waals surface area (Å²) in [4.78, 5) is 10.3. The molecule has 4 heteroatoms. The van der Waals surface area contributed by atoms with E-state index in [9.17, 15) is 0 Å². The highest BCUT2D eigenvalue weighted by molar-refractivity contribution is 6.14. The molecule has 0 unspecified atom stereocenters. The van der Waals surface area contributed by atoms with E-state index in [1.165, 1.54) is 97.6 Å². The molecule has 0 atom stereocenters. The minimum atomic E-state index is 0.0881. The molecule has 0 aliphatic heterocycles. The van der Waals surface area contributed by atoms with Crippen molar-refractivity contribution >= 4 is 49.6 Å². The molecule has 0 radical (unpaired) electrons. The first-order valence-corrected chi connectivity index (χ1v) is 23.1. The highest BCUT2D eigenvalue weighted by atomic mass is 16.3. The van der Waals surface area contributed by atoms with Gasteiger partial charge in [-0.2, -0.15) is 0 Å². The standard InChI is InChI=1S/C58H46N2O2/c1-4-15-35(16-5-1)56-59-52-40-18-7-9-22-50(40)62-55(52)53(60-56)41-20-14-19-39-45-32-37(24-26-51(45)61-54(39)41)36-23-25-47-42(31-36)44-34-48-43(33-49(44)58(47)29-12-3-13-30-58)38-17-6-8-21-46(38)57(48)27-10-2-11-28-57/h4,6-9,14-26,31-34H,1-3,5,10-13,27-30H2. The van der Waals surface area contributed by atoms with Gasteiger partial charge < -0.3 is 8.83 Å². The molecule has 3 heterocycles. The van der Waals surface area contributed by atoms with E-state index in [-0.39, 0.29) is 10.8 Å². The molecule has 5 aliphatic carbocycles. The minimum Gasteiger partial charge on any atom is -0.455 e. The molecule has 2 fully saturated rings. The Labute approximate surface area is 361 Å². The molecule has 300 valence electrons. The molecule has 0 amide bonds. The zero-order valence-electron chi connectivity index (χ0n) is 34.9. The maximum atomic E-state index is 6.83. The monoisotopic (exact) mass is 802 g/mol. The predicted molar refractivity (Wildman–Crippen MR) is 252 cm³/mol. The van der Waals surface area contributed by atoms with E-state index < -0.39 is 0 Å². The minimum absolute atomic E-state index is 0.0881. The van der Waals surface area contributed by atoms with E-state index in [4.69, 9.17) is 18.8 Å². The normalized spacial score (nSPS) is 18.2. The molecule has 2 saturated carbocycles. The average molecular weight is 803 g/mol. The van der Waals surface area contributed by atoms with Crippen molar-refractivity contribution in [2.24, 2.45) is 0 Å². The largest absolute Gasteiger partial charge is 0.455 e. The summed E-state index contributed by atoms with van der Waals surface area (Å²) in [5, 5.41) is 3.16. The molecule has 6 aromatic carbocycles. The van der Waals surface area contributed by atoms with Crippen LogP contribution in [0.2, 0.25) is 0 Å². The van der Waals surface area contributed by atoms with Gasteiger partial charge in [-0.05, 0) is 143 Å². The second-order valence-electron chi connectivity index (χ2n) is 18.8. The Kier molecular flexibility index (Phi) is 7.36. The summed E-state index contributed by atoms with van der Waals surface area (Å²) in [6.45, 7) is 0. The van der Waals surface area contributed by atoms with Crippen LogP contribution in [0.3, 0.4) is 0 Å². The number of fused-ring (bicyclic) bond motifs is 16. The van der Waals surface area contributed by atoms with Gasteiger partial charge in [-0.1, -0.05) is 123 Å². The number of para-hydroxylation sites is 2. The van der Waals surface area contributed by atoms with Crippen molar-refractivity contribution in [1.82, 2.24) is 9.97 Å². The first-order valence-electron chi connectivity index (χ1n) is 23.1. The molecule has 62 heavy (non-hydrogen) atoms. The first kappa shape index (κ1) is 35.1. The van der Waals surface area contributed by atoms with Crippen LogP contribution < -0.4 is 0 Å². The molecule has 9 aromatic rings. The summed E-state index contributed by atoms with van der Waals surface area (Å²) in [5.41, 5.74) is 21.6. The number of rotatable bonds is 3. The van der Waals surface area contributed by atoms with Gasteiger partial charge in [-0.25, -0.2) is 9.97 Å². The Morgan fingerprint density at radius 2 is 1.10 bits per heavy atom. The van der Waals surface area contributed by atoms with Crippen molar-refractivity contribution in [1.29, 1.82) is 0 Å². The Morgan fingerprint density at radius 1 is 0.452 bits per heavy atom. The van der Waals surface area contributed by atoms with Crippen LogP contribution in [0, 0.1) is 0 Å². The molecule has 4 nitrogen and oxygen atoms in total. The molecule has 0 N–H and O–H groups in total. The van der Waals surface area contributed by atoms with Gasteiger partial charge in [0.15, 0.2) is 11.4 Å². The maximum absolute atomic E-state index is 6.83. The van der Waals surface area contributed by atoms with Gasteiger partial charge in [0.1, 0.15) is 28.0 Å². The Balaban J connectivity index is 0.926. The van der Waals surface area contributed by atoms with Crippen molar-refractivity contribution in [3.63, 3.8) is 0 Å². The molecular formula is C58H46N2O2. The molecule has 2 spiro atoms. The highest BCUT2D eigenvalue weighted by Crippen LogP contribution is 2.62. The zero-order chi connectivity index (χ0) is 40.6. The first-order chi connectivity index (χ1) is 30.7. The van der Waals surface area contributed by atoms with Gasteiger partial charge in [0.25, 0.3) is 0 Å². The maximum Gasteiger partial charge on any atom is 0.180 e. The second-order valence-corrected chi connectivity index (χ2v) is 18.8. The van der Waals surface area contributed by atoms with Gasteiger partial charge in [0.2, 0.25) is 0 Å². The number of hydrogen-bond donors (Lipinski definition) is 0. The Bertz CT molecular complexity index is 3430. The van der Waals surface area contributed by atoms with Crippen LogP contribution >= 0.6 is 0 Å². The van der Waals surface area contributed by atoms with Crippen LogP contribution in [-0.4, -0.2) is 9.97 Å². The van der Waals surface area contributed by atoms with Crippen molar-refractivity contribution in [2.75, 3.05) is 0 Å². The predicted octanol–water partition coefficient (Wildman–Crippen LogP) is 15.8. The summed E-state index contributed by atoms with van der Waals surface area (Å²) in [7, 11) is 0. The highest BCUT2D eigenvalue weighted by Gasteiger charge is 2.49. The molecule has 5 aliphatic rings. The van der Waals surface area contributed by atoms with E-state index in [2.05, 4.69) is 115 Å². The average Bonchev–Trinajstić information content (AvgIpc) is 4.05. The summed E-state index contributed by atoms with van der Waals surface area (Å²) in [6.07, 6.45) is 21.4. The van der Waals surface area contributed by atoms with Crippen molar-refractivity contribution in [2.45, 2.75) is 87.9 Å². The van der Waals surface area contributed by atoms with Gasteiger partial charge in [0, 0.05) is 38.1 Å². The Morgan fingerprint density at radius 3 is 1.90 bits per heavy atom. The fraction of sp³-hybridized carbons (Fsp3) is 0.241. The van der Waals surface area contributed by atoms with Crippen molar-refractivity contribution in [3.05, 3.63) is 162 Å². The molecule has 3 aromatic heterocycles. The van der Waals surface area contributed by atoms with E-state index in [0.717, 1.165) is 68.1 Å². The summed E-state index contributed by atoms with van der Waals surface area (Å²) < 4.78 is 13.4. The smallest absolute Gasteiger partial charge is 0.180 e. The van der Waals surface area contributed by atoms with Crippen LogP contribution in [0.1, 0.15) is 105 Å². The lowest BCUT2D eigenvalue weighted by Gasteiger charge is -2.37. The number of allylic oxidation sites excluding steroid dienone is 4. The summed E-state index contributed by atoms with van der Waals surface area (Å²) >= 11 is 0. The van der Waals surface area contributed by atoms with E-state index in [1.807, 2.05) is 18.2 Å². The summed E-state index contributed by atoms with van der Waals surface area (Å²) in [5.74, 6) is 0.710. The van der Waals surface area contributed by atoms with Gasteiger partial charge >= 0.3 is 0 Å². The third kappa shape index (κ3) is 4.78. The van der Waals surface area contributed by atoms with E-state index >= 15 is 0 Å². The second kappa shape index (κ2) is 13.0. The molecule has 14 rings (SSSR count). The third-order valence-corrected chi connectivity index (χ3v) is 15.7. The topological polar surface area (TPSA) is 52.1 Å². The lowest BCUT2D eigenvalue weighted by Crippen LogP contribution is -2.29. The van der Waals surface area contributed by atoms with Gasteiger partial charge in [0.05, 0.1) is 0 Å². The van der Waals surface area contributed by atoms with Crippen LogP contribution in [0.15, 0.2) is 142 Å². The van der Waals surface area contributed by atoms with Crippen LogP contribution in [0.4, 0.5) is 0 Å². The molecule has 0 bridgehead atoms. The van der Waals surface area contributed by atoms with Crippen LogP contribution in [-0.2, 0) is 10.8 Å².